The molecule has 0 aromatic carbocycles. The van der Waals surface area contributed by atoms with Crippen LogP contribution < -0.4 is 0 Å². The number of aryl methyl sites for hydroxylation is 2. The van der Waals surface area contributed by atoms with Crippen LogP contribution in [0.1, 0.15) is 0 Å². The Bertz CT molecular complexity index is 1650. The van der Waals surface area contributed by atoms with Crippen LogP contribution in [0.2, 0.25) is 0 Å². The first-order chi connectivity index (χ1) is 15.9. The molecule has 0 saturated carbocycles. The van der Waals surface area contributed by atoms with E-state index >= 15 is 0 Å². The molecule has 6 heterocycles. The molecule has 6 rings (SSSR count). The molecule has 0 bridgehead atoms. The molecule has 0 atom stereocenters. The molecule has 0 aliphatic carbocycles. The van der Waals surface area contributed by atoms with Crippen LogP contribution in [-0.2, 0) is 24.1 Å². The minimum atomic E-state index is -4.07. The molecule has 12 heteroatoms. The SMILES string of the molecule is Cn1cc(-c2cnc3cnn(S(=O)(=O)c4cnc5ccc(-c6cnn(C)c6)cn45)c3c2)cn1. The predicted molar refractivity (Wildman–Crippen MR) is 120 cm³/mol. The molecule has 0 unspecified atom stereocenters. The van der Waals surface area contributed by atoms with Gasteiger partial charge in [0.15, 0.2) is 5.03 Å². The van der Waals surface area contributed by atoms with Crippen molar-refractivity contribution in [3.8, 4) is 22.3 Å². The normalized spacial score (nSPS) is 12.2. The predicted octanol–water partition coefficient (Wildman–Crippen LogP) is 2.12. The lowest BCUT2D eigenvalue weighted by Crippen LogP contribution is -2.16. The average Bonchev–Trinajstić information content (AvgIpc) is 3.58. The van der Waals surface area contributed by atoms with Crippen molar-refractivity contribution in [2.24, 2.45) is 14.1 Å². The molecule has 0 N–H and O–H groups in total. The van der Waals surface area contributed by atoms with Crippen LogP contribution >= 0.6 is 0 Å². The number of aromatic nitrogens is 9. The molecule has 33 heavy (non-hydrogen) atoms. The van der Waals surface area contributed by atoms with Gasteiger partial charge in [-0.25, -0.2) is 4.98 Å². The first kappa shape index (κ1) is 19.4. The Morgan fingerprint density at radius 2 is 1.45 bits per heavy atom. The van der Waals surface area contributed by atoms with Crippen molar-refractivity contribution in [3.05, 3.63) is 67.8 Å². The van der Waals surface area contributed by atoms with Crippen LogP contribution in [0, 0.1) is 0 Å². The molecular formula is C21H17N9O2S. The average molecular weight is 459 g/mol. The van der Waals surface area contributed by atoms with Gasteiger partial charge in [-0.1, -0.05) is 0 Å². The molecule has 0 saturated heterocycles. The fourth-order valence-electron chi connectivity index (χ4n) is 3.78. The largest absolute Gasteiger partial charge is 0.301 e. The summed E-state index contributed by atoms with van der Waals surface area (Å²) in [5, 5.41) is 12.5. The van der Waals surface area contributed by atoms with Crippen LogP contribution in [0.15, 0.2) is 72.8 Å². The lowest BCUT2D eigenvalue weighted by atomic mass is 10.1. The summed E-state index contributed by atoms with van der Waals surface area (Å²) in [6, 6.07) is 5.39. The summed E-state index contributed by atoms with van der Waals surface area (Å²) >= 11 is 0. The van der Waals surface area contributed by atoms with Gasteiger partial charge in [0.2, 0.25) is 0 Å². The number of hydrogen-bond donors (Lipinski definition) is 0. The van der Waals surface area contributed by atoms with Crippen molar-refractivity contribution in [3.63, 3.8) is 0 Å². The second-order valence-electron chi connectivity index (χ2n) is 7.67. The highest BCUT2D eigenvalue weighted by atomic mass is 32.2. The van der Waals surface area contributed by atoms with Gasteiger partial charge < -0.3 is 0 Å². The molecule has 0 aliphatic rings. The van der Waals surface area contributed by atoms with Crippen LogP contribution in [0.3, 0.4) is 0 Å². The maximum absolute atomic E-state index is 13.7. The van der Waals surface area contributed by atoms with Gasteiger partial charge in [0.05, 0.1) is 24.8 Å². The van der Waals surface area contributed by atoms with Gasteiger partial charge in [0.1, 0.15) is 16.7 Å². The number of rotatable bonds is 4. The third-order valence-corrected chi connectivity index (χ3v) is 7.01. The van der Waals surface area contributed by atoms with Gasteiger partial charge >= 0.3 is 10.0 Å². The van der Waals surface area contributed by atoms with Crippen LogP contribution in [0.4, 0.5) is 0 Å². The summed E-state index contributed by atoms with van der Waals surface area (Å²) in [5.74, 6) is 0. The number of imidazole rings is 1. The van der Waals surface area contributed by atoms with Gasteiger partial charge in [-0.3, -0.25) is 18.7 Å². The fourth-order valence-corrected chi connectivity index (χ4v) is 5.12. The minimum absolute atomic E-state index is 0.0000196. The molecule has 0 amide bonds. The smallest absolute Gasteiger partial charge is 0.288 e. The fraction of sp³-hybridized carbons (Fsp3) is 0.0952. The molecule has 6 aromatic rings. The zero-order valence-corrected chi connectivity index (χ0v) is 18.4. The van der Waals surface area contributed by atoms with Crippen molar-refractivity contribution >= 4 is 26.7 Å². The first-order valence-corrected chi connectivity index (χ1v) is 11.4. The third-order valence-electron chi connectivity index (χ3n) is 5.43. The highest BCUT2D eigenvalue weighted by molar-refractivity contribution is 7.90. The zero-order valence-electron chi connectivity index (χ0n) is 17.6. The van der Waals surface area contributed by atoms with Gasteiger partial charge in [0.25, 0.3) is 0 Å². The van der Waals surface area contributed by atoms with Crippen molar-refractivity contribution in [1.82, 2.24) is 43.1 Å². The van der Waals surface area contributed by atoms with Crippen molar-refractivity contribution in [1.29, 1.82) is 0 Å². The second kappa shape index (κ2) is 6.84. The van der Waals surface area contributed by atoms with Crippen LogP contribution in [0.5, 0.6) is 0 Å². The van der Waals surface area contributed by atoms with E-state index in [1.54, 1.807) is 50.7 Å². The molecule has 0 aliphatic heterocycles. The maximum atomic E-state index is 13.7. The summed E-state index contributed by atoms with van der Waals surface area (Å²) in [5.41, 5.74) is 4.59. The van der Waals surface area contributed by atoms with E-state index in [0.29, 0.717) is 16.7 Å². The molecule has 0 fully saturated rings. The van der Waals surface area contributed by atoms with Crippen LogP contribution in [0.25, 0.3) is 38.9 Å². The van der Waals surface area contributed by atoms with Gasteiger partial charge in [-0.15, -0.1) is 0 Å². The van der Waals surface area contributed by atoms with E-state index in [2.05, 4.69) is 25.3 Å². The third kappa shape index (κ3) is 3.03. The van der Waals surface area contributed by atoms with Crippen LogP contribution in [-0.4, -0.2) is 51.5 Å². The van der Waals surface area contributed by atoms with Gasteiger partial charge in [-0.2, -0.15) is 27.8 Å². The van der Waals surface area contributed by atoms with Crippen molar-refractivity contribution < 1.29 is 8.42 Å². The van der Waals surface area contributed by atoms with E-state index in [-0.39, 0.29) is 5.03 Å². The number of pyridine rings is 2. The topological polar surface area (TPSA) is 118 Å². The second-order valence-corrected chi connectivity index (χ2v) is 9.38. The standard InChI is InChI=1S/C21H17N9O2S/c1-27-11-16(7-24-27)14-3-4-20-23-10-21(29(20)13-14)33(31,32)30-19-5-15(6-22-18(19)9-26-30)17-8-25-28(2)12-17/h3-13H,1-2H3. The minimum Gasteiger partial charge on any atom is -0.288 e. The van der Waals surface area contributed by atoms with E-state index in [1.807, 2.05) is 32.6 Å². The summed E-state index contributed by atoms with van der Waals surface area (Å²) in [6.45, 7) is 0. The highest BCUT2D eigenvalue weighted by Gasteiger charge is 2.25. The van der Waals surface area contributed by atoms with E-state index < -0.39 is 10.0 Å². The molecule has 6 aromatic heterocycles. The first-order valence-electron chi connectivity index (χ1n) is 9.95. The monoisotopic (exact) mass is 459 g/mol. The lowest BCUT2D eigenvalue weighted by Gasteiger charge is -2.07. The Morgan fingerprint density at radius 3 is 2.15 bits per heavy atom. The number of fused-ring (bicyclic) bond motifs is 2. The van der Waals surface area contributed by atoms with Crippen molar-refractivity contribution in [2.75, 3.05) is 0 Å². The van der Waals surface area contributed by atoms with Crippen molar-refractivity contribution in [2.45, 2.75) is 5.03 Å². The summed E-state index contributed by atoms with van der Waals surface area (Å²) in [6.07, 6.45) is 13.3. The number of nitrogens with zero attached hydrogens (tertiary/aromatic N) is 9. The van der Waals surface area contributed by atoms with Gasteiger partial charge in [-0.05, 0) is 18.2 Å². The Morgan fingerprint density at radius 1 is 0.727 bits per heavy atom. The summed E-state index contributed by atoms with van der Waals surface area (Å²) in [4.78, 5) is 8.66. The molecular weight excluding hydrogens is 442 g/mol. The summed E-state index contributed by atoms with van der Waals surface area (Å²) in [7, 11) is -0.429. The Hall–Kier alpha value is -4.32. The zero-order chi connectivity index (χ0) is 22.7. The van der Waals surface area contributed by atoms with E-state index in [1.165, 1.54) is 12.4 Å². The molecule has 0 spiro atoms. The lowest BCUT2D eigenvalue weighted by molar-refractivity contribution is 0.577. The quantitative estimate of drug-likeness (QED) is 0.396. The molecule has 164 valence electrons. The molecule has 11 nitrogen and oxygen atoms in total. The maximum Gasteiger partial charge on any atom is 0.301 e. The Labute approximate surface area is 187 Å². The Balaban J connectivity index is 1.51. The van der Waals surface area contributed by atoms with E-state index in [4.69, 9.17) is 0 Å². The Kier molecular flexibility index (Phi) is 4.01. The number of hydrogen-bond acceptors (Lipinski definition) is 7. The highest BCUT2D eigenvalue weighted by Crippen LogP contribution is 2.26. The van der Waals surface area contributed by atoms with E-state index in [9.17, 15) is 8.42 Å². The van der Waals surface area contributed by atoms with E-state index in [0.717, 1.165) is 26.3 Å². The molecule has 0 radical (unpaired) electrons. The van der Waals surface area contributed by atoms with Gasteiger partial charge in [0, 0.05) is 61.1 Å². The summed E-state index contributed by atoms with van der Waals surface area (Å²) < 4.78 is 33.2.